The Hall–Kier alpha value is -2.94. The molecule has 1 atom stereocenters. The number of fused-ring (bicyclic) bond motifs is 1. The summed E-state index contributed by atoms with van der Waals surface area (Å²) in [6, 6.07) is 13.2. The van der Waals surface area contributed by atoms with Gasteiger partial charge in [-0.1, -0.05) is 18.2 Å². The molecular weight excluding hydrogens is 379 g/mol. The number of halogens is 3. The van der Waals surface area contributed by atoms with E-state index in [4.69, 9.17) is 4.74 Å². The van der Waals surface area contributed by atoms with Crippen LogP contribution in [0.4, 0.5) is 19.0 Å². The molecule has 1 aliphatic rings. The lowest BCUT2D eigenvalue weighted by Crippen LogP contribution is -2.19. The smallest absolute Gasteiger partial charge is 0.416 e. The molecule has 0 amide bonds. The summed E-state index contributed by atoms with van der Waals surface area (Å²) < 4.78 is 57.5. The Morgan fingerprint density at radius 3 is 2.48 bits per heavy atom. The van der Waals surface area contributed by atoms with E-state index in [2.05, 4.69) is 9.97 Å². The maximum Gasteiger partial charge on any atom is 0.416 e. The Kier molecular flexibility index (Phi) is 4.31. The second-order valence-electron chi connectivity index (χ2n) is 5.72. The first-order valence-electron chi connectivity index (χ1n) is 7.87. The van der Waals surface area contributed by atoms with Gasteiger partial charge in [0.2, 0.25) is 0 Å². The van der Waals surface area contributed by atoms with Crippen LogP contribution in [0.15, 0.2) is 65.7 Å². The summed E-state index contributed by atoms with van der Waals surface area (Å²) in [5.41, 5.74) is 0.175. The SMILES string of the molecule is O=S1c2ccccc2CN1c1ccnc(Oc2ccc(C(F)(F)F)cc2)n1. The molecule has 138 valence electrons. The lowest BCUT2D eigenvalue weighted by molar-refractivity contribution is -0.137. The molecule has 0 spiro atoms. The van der Waals surface area contributed by atoms with Crippen molar-refractivity contribution in [3.05, 3.63) is 71.9 Å². The monoisotopic (exact) mass is 391 g/mol. The summed E-state index contributed by atoms with van der Waals surface area (Å²) in [6.07, 6.45) is -2.97. The number of anilines is 1. The quantitative estimate of drug-likeness (QED) is 0.667. The number of benzene rings is 2. The largest absolute Gasteiger partial charge is 0.424 e. The average Bonchev–Trinajstić information content (AvgIpc) is 2.99. The van der Waals surface area contributed by atoms with Crippen molar-refractivity contribution < 1.29 is 22.1 Å². The topological polar surface area (TPSA) is 55.3 Å². The van der Waals surface area contributed by atoms with Gasteiger partial charge in [-0.15, -0.1) is 0 Å². The number of hydrogen-bond donors (Lipinski definition) is 0. The van der Waals surface area contributed by atoms with Gasteiger partial charge in [-0.05, 0) is 35.9 Å². The van der Waals surface area contributed by atoms with E-state index in [1.165, 1.54) is 18.3 Å². The third-order valence-electron chi connectivity index (χ3n) is 3.94. The predicted octanol–water partition coefficient (Wildman–Crippen LogP) is 4.33. The fraction of sp³-hybridized carbons (Fsp3) is 0.111. The maximum atomic E-state index is 12.6. The zero-order valence-electron chi connectivity index (χ0n) is 13.7. The number of ether oxygens (including phenoxy) is 1. The van der Waals surface area contributed by atoms with Crippen molar-refractivity contribution >= 4 is 16.8 Å². The number of hydrogen-bond acceptors (Lipinski definition) is 4. The second kappa shape index (κ2) is 6.66. The number of alkyl halides is 3. The summed E-state index contributed by atoms with van der Waals surface area (Å²) in [4.78, 5) is 8.93. The Bertz CT molecular complexity index is 1010. The molecule has 3 aromatic rings. The molecule has 9 heteroatoms. The standard InChI is InChI=1S/C18H12F3N3O2S/c19-18(20,21)13-5-7-14(8-6-13)26-17-22-10-9-16(23-17)24-11-12-3-1-2-4-15(12)27(24)25/h1-10H,11H2. The van der Waals surface area contributed by atoms with Crippen molar-refractivity contribution in [1.29, 1.82) is 0 Å². The number of aromatic nitrogens is 2. The molecule has 0 fully saturated rings. The zero-order chi connectivity index (χ0) is 19.0. The summed E-state index contributed by atoms with van der Waals surface area (Å²) in [5.74, 6) is 0.576. The molecule has 1 aromatic heterocycles. The van der Waals surface area contributed by atoms with Crippen LogP contribution in [0.25, 0.3) is 0 Å². The van der Waals surface area contributed by atoms with Gasteiger partial charge in [-0.3, -0.25) is 4.31 Å². The third-order valence-corrected chi connectivity index (χ3v) is 5.43. The van der Waals surface area contributed by atoms with E-state index >= 15 is 0 Å². The van der Waals surface area contributed by atoms with Crippen molar-refractivity contribution in [1.82, 2.24) is 9.97 Å². The highest BCUT2D eigenvalue weighted by Gasteiger charge is 2.30. The van der Waals surface area contributed by atoms with Crippen LogP contribution in [0.5, 0.6) is 11.8 Å². The lowest BCUT2D eigenvalue weighted by atomic mass is 10.2. The third kappa shape index (κ3) is 3.50. The van der Waals surface area contributed by atoms with Crippen molar-refractivity contribution in [3.8, 4) is 11.8 Å². The van der Waals surface area contributed by atoms with Crippen molar-refractivity contribution in [2.24, 2.45) is 0 Å². The molecule has 1 unspecified atom stereocenters. The molecule has 0 saturated carbocycles. The van der Waals surface area contributed by atoms with Gasteiger partial charge in [0.25, 0.3) is 0 Å². The zero-order valence-corrected chi connectivity index (χ0v) is 14.5. The first kappa shape index (κ1) is 17.5. The molecule has 4 rings (SSSR count). The van der Waals surface area contributed by atoms with Gasteiger partial charge in [0.1, 0.15) is 11.6 Å². The highest BCUT2D eigenvalue weighted by molar-refractivity contribution is 7.86. The summed E-state index contributed by atoms with van der Waals surface area (Å²) in [5, 5.41) is 0. The molecule has 0 aliphatic carbocycles. The van der Waals surface area contributed by atoms with Crippen LogP contribution in [0.3, 0.4) is 0 Å². The fourth-order valence-corrected chi connectivity index (χ4v) is 3.96. The minimum atomic E-state index is -4.41. The molecule has 0 saturated heterocycles. The molecule has 0 radical (unpaired) electrons. The van der Waals surface area contributed by atoms with Crippen LogP contribution in [0, 0.1) is 0 Å². The molecule has 2 heterocycles. The molecule has 5 nitrogen and oxygen atoms in total. The van der Waals surface area contributed by atoms with Crippen molar-refractivity contribution in [2.45, 2.75) is 17.6 Å². The highest BCUT2D eigenvalue weighted by Crippen LogP contribution is 2.33. The Morgan fingerprint density at radius 2 is 1.78 bits per heavy atom. The van der Waals surface area contributed by atoms with Gasteiger partial charge in [0.05, 0.1) is 17.0 Å². The first-order valence-corrected chi connectivity index (χ1v) is 8.98. The van der Waals surface area contributed by atoms with E-state index in [9.17, 15) is 17.4 Å². The Morgan fingerprint density at radius 1 is 1.04 bits per heavy atom. The summed E-state index contributed by atoms with van der Waals surface area (Å²) in [6.45, 7) is 0.430. The molecule has 27 heavy (non-hydrogen) atoms. The van der Waals surface area contributed by atoms with Gasteiger partial charge >= 0.3 is 12.2 Å². The molecule has 1 aliphatic heterocycles. The second-order valence-corrected chi connectivity index (χ2v) is 7.09. The van der Waals surface area contributed by atoms with Crippen molar-refractivity contribution in [3.63, 3.8) is 0 Å². The molecule has 0 bridgehead atoms. The van der Waals surface area contributed by atoms with Gasteiger partial charge < -0.3 is 4.74 Å². The van der Waals surface area contributed by atoms with Crippen LogP contribution in [-0.2, 0) is 23.7 Å². The molecule has 2 aromatic carbocycles. The number of rotatable bonds is 3. The highest BCUT2D eigenvalue weighted by atomic mass is 32.2. The summed E-state index contributed by atoms with van der Waals surface area (Å²) in [7, 11) is -1.39. The van der Waals surface area contributed by atoms with Gasteiger partial charge in [-0.25, -0.2) is 9.19 Å². The first-order chi connectivity index (χ1) is 12.9. The molecular formula is C18H12F3N3O2S. The fourth-order valence-electron chi connectivity index (χ4n) is 2.64. The van der Waals surface area contributed by atoms with Gasteiger partial charge in [0, 0.05) is 12.3 Å². The van der Waals surface area contributed by atoms with Gasteiger partial charge in [-0.2, -0.15) is 18.2 Å². The lowest BCUT2D eigenvalue weighted by Gasteiger charge is -2.15. The van der Waals surface area contributed by atoms with E-state index in [1.807, 2.05) is 18.2 Å². The van der Waals surface area contributed by atoms with E-state index in [-0.39, 0.29) is 11.8 Å². The van der Waals surface area contributed by atoms with Crippen LogP contribution >= 0.6 is 0 Å². The Balaban J connectivity index is 1.55. The van der Waals surface area contributed by atoms with Crippen LogP contribution < -0.4 is 9.04 Å². The molecule has 0 N–H and O–H groups in total. The van der Waals surface area contributed by atoms with Crippen molar-refractivity contribution in [2.75, 3.05) is 4.31 Å². The normalized spacial score (nSPS) is 16.3. The minimum absolute atomic E-state index is 0.0415. The number of nitrogens with zero attached hydrogens (tertiary/aromatic N) is 3. The minimum Gasteiger partial charge on any atom is -0.424 e. The van der Waals surface area contributed by atoms with Crippen LogP contribution in [0.2, 0.25) is 0 Å². The van der Waals surface area contributed by atoms with Crippen LogP contribution in [-0.4, -0.2) is 14.2 Å². The average molecular weight is 391 g/mol. The predicted molar refractivity (Wildman–Crippen MR) is 92.6 cm³/mol. The van der Waals surface area contributed by atoms with E-state index in [0.29, 0.717) is 12.4 Å². The van der Waals surface area contributed by atoms with E-state index in [0.717, 1.165) is 22.6 Å². The maximum absolute atomic E-state index is 12.6. The van der Waals surface area contributed by atoms with E-state index < -0.39 is 22.7 Å². The van der Waals surface area contributed by atoms with Gasteiger partial charge in [0.15, 0.2) is 11.0 Å². The van der Waals surface area contributed by atoms with E-state index in [1.54, 1.807) is 16.4 Å². The summed E-state index contributed by atoms with van der Waals surface area (Å²) >= 11 is 0. The Labute approximate surface area is 155 Å². The van der Waals surface area contributed by atoms with Crippen LogP contribution in [0.1, 0.15) is 11.1 Å².